The van der Waals surface area contributed by atoms with Gasteiger partial charge in [-0.25, -0.2) is 0 Å². The van der Waals surface area contributed by atoms with Crippen LogP contribution in [-0.4, -0.2) is 11.8 Å². The molecule has 0 aliphatic carbocycles. The number of hydrogen-bond donors (Lipinski definition) is 0. The van der Waals surface area contributed by atoms with Crippen molar-refractivity contribution in [3.8, 4) is 5.75 Å². The summed E-state index contributed by atoms with van der Waals surface area (Å²) in [6, 6.07) is 15.9. The van der Waals surface area contributed by atoms with Gasteiger partial charge in [-0.3, -0.25) is 0 Å². The normalized spacial score (nSPS) is 10.8. The Hall–Kier alpha value is -1.69. The second-order valence-corrected chi connectivity index (χ2v) is 9.90. The van der Waals surface area contributed by atoms with Crippen molar-refractivity contribution in [3.05, 3.63) is 61.2 Å². The third-order valence-electron chi connectivity index (χ3n) is 4.42. The number of ketones is 1. The van der Waals surface area contributed by atoms with Gasteiger partial charge in [0.1, 0.15) is 0 Å². The van der Waals surface area contributed by atoms with E-state index in [0.29, 0.717) is 18.6 Å². The van der Waals surface area contributed by atoms with Gasteiger partial charge in [0, 0.05) is 0 Å². The second-order valence-electron chi connectivity index (χ2n) is 6.87. The number of ether oxygens (including phenoxy) is 1. The van der Waals surface area contributed by atoms with Crippen molar-refractivity contribution < 1.29 is 35.5 Å². The van der Waals surface area contributed by atoms with Crippen LogP contribution >= 0.6 is 0 Å². The summed E-state index contributed by atoms with van der Waals surface area (Å²) in [5.74, 6) is 0.695. The van der Waals surface area contributed by atoms with E-state index in [-0.39, 0.29) is 33.0 Å². The van der Waals surface area contributed by atoms with E-state index in [9.17, 15) is 9.59 Å². The molecule has 152 valence electrons. The van der Waals surface area contributed by atoms with Gasteiger partial charge in [-0.05, 0) is 0 Å². The molecule has 2 aromatic rings. The molecule has 0 spiro atoms. The van der Waals surface area contributed by atoms with Crippen LogP contribution in [0, 0.1) is 7.14 Å². The zero-order valence-corrected chi connectivity index (χ0v) is 19.0. The van der Waals surface area contributed by atoms with Gasteiger partial charge in [-0.1, -0.05) is 0 Å². The molecular formula is C24H30IO3-. The van der Waals surface area contributed by atoms with Crippen molar-refractivity contribution in [1.82, 2.24) is 0 Å². The van der Waals surface area contributed by atoms with Crippen LogP contribution in [-0.2, 0) is 4.79 Å². The molecule has 0 aliphatic heterocycles. The molecule has 0 bridgehead atoms. The molecule has 0 atom stereocenters. The SMILES string of the molecule is CCCCCC(=O)Oc1ccc([I-]c2ccc(C(=O)CCCCC)cc2)cc1. The Morgan fingerprint density at radius 1 is 0.750 bits per heavy atom. The van der Waals surface area contributed by atoms with Gasteiger partial charge >= 0.3 is 179 Å². The van der Waals surface area contributed by atoms with E-state index in [1.807, 2.05) is 36.4 Å². The molecule has 0 unspecified atom stereocenters. The van der Waals surface area contributed by atoms with E-state index < -0.39 is 0 Å². The van der Waals surface area contributed by atoms with Crippen LogP contribution in [0.3, 0.4) is 0 Å². The van der Waals surface area contributed by atoms with E-state index in [0.717, 1.165) is 44.1 Å². The Labute approximate surface area is 179 Å². The number of carbonyl (C=O) groups is 2. The Morgan fingerprint density at radius 3 is 1.86 bits per heavy atom. The summed E-state index contributed by atoms with van der Waals surface area (Å²) in [5, 5.41) is 0. The van der Waals surface area contributed by atoms with Crippen LogP contribution in [0.1, 0.15) is 75.6 Å². The zero-order valence-electron chi connectivity index (χ0n) is 16.9. The zero-order chi connectivity index (χ0) is 20.2. The maximum absolute atomic E-state index is 12.2. The van der Waals surface area contributed by atoms with Gasteiger partial charge in [0.2, 0.25) is 0 Å². The number of halogens is 1. The number of benzene rings is 2. The Bertz CT molecular complexity index is 735. The Balaban J connectivity index is 1.84. The van der Waals surface area contributed by atoms with Crippen LogP contribution in [0.2, 0.25) is 0 Å². The fourth-order valence-electron chi connectivity index (χ4n) is 2.77. The van der Waals surface area contributed by atoms with Gasteiger partial charge < -0.3 is 0 Å². The predicted octanol–water partition coefficient (Wildman–Crippen LogP) is 3.06. The van der Waals surface area contributed by atoms with Crippen LogP contribution in [0.5, 0.6) is 5.75 Å². The van der Waals surface area contributed by atoms with Gasteiger partial charge in [-0.2, -0.15) is 0 Å². The number of Topliss-reactive ketones (excluding diaryl/α,β-unsaturated/α-hetero) is 1. The minimum absolute atomic E-state index is 0.157. The van der Waals surface area contributed by atoms with E-state index in [2.05, 4.69) is 26.0 Å². The molecule has 0 N–H and O–H groups in total. The predicted molar refractivity (Wildman–Crippen MR) is 109 cm³/mol. The average molecular weight is 493 g/mol. The molecule has 0 amide bonds. The summed E-state index contributed by atoms with van der Waals surface area (Å²) < 4.78 is 7.91. The summed E-state index contributed by atoms with van der Waals surface area (Å²) in [7, 11) is 0. The number of carbonyl (C=O) groups excluding carboxylic acids is 2. The third-order valence-corrected chi connectivity index (χ3v) is 7.11. The van der Waals surface area contributed by atoms with E-state index in [1.54, 1.807) is 0 Å². The van der Waals surface area contributed by atoms with Crippen molar-refractivity contribution in [2.24, 2.45) is 0 Å². The van der Waals surface area contributed by atoms with E-state index in [1.165, 1.54) is 7.14 Å². The minimum atomic E-state index is -0.316. The van der Waals surface area contributed by atoms with E-state index in [4.69, 9.17) is 4.74 Å². The van der Waals surface area contributed by atoms with Crippen molar-refractivity contribution in [1.29, 1.82) is 0 Å². The van der Waals surface area contributed by atoms with Crippen molar-refractivity contribution in [2.45, 2.75) is 65.2 Å². The molecule has 0 aromatic heterocycles. The van der Waals surface area contributed by atoms with Crippen LogP contribution in [0.25, 0.3) is 0 Å². The summed E-state index contributed by atoms with van der Waals surface area (Å²) >= 11 is -0.316. The van der Waals surface area contributed by atoms with Gasteiger partial charge in [0.05, 0.1) is 0 Å². The standard InChI is InChI=1S/C24H30IO3/c1-3-5-7-9-23(26)19-11-13-20(14-12-19)25-21-15-17-22(18-16-21)28-24(27)10-8-6-4-2/h11-18H,3-10H2,1-2H3/q-1. The molecule has 0 fully saturated rings. The van der Waals surface area contributed by atoms with Crippen LogP contribution in [0.15, 0.2) is 48.5 Å². The molecule has 3 nitrogen and oxygen atoms in total. The quantitative estimate of drug-likeness (QED) is 0.150. The molecule has 0 heterocycles. The first-order chi connectivity index (χ1) is 13.6. The fraction of sp³-hybridized carbons (Fsp3) is 0.417. The number of unbranched alkanes of at least 4 members (excludes halogenated alkanes) is 4. The van der Waals surface area contributed by atoms with Crippen LogP contribution < -0.4 is 25.9 Å². The van der Waals surface area contributed by atoms with Crippen LogP contribution in [0.4, 0.5) is 0 Å². The molecule has 2 rings (SSSR count). The molecule has 0 saturated heterocycles. The molecule has 0 saturated carbocycles. The average Bonchev–Trinajstić information content (AvgIpc) is 2.70. The molecular weight excluding hydrogens is 463 g/mol. The molecule has 4 heteroatoms. The maximum atomic E-state index is 12.2. The van der Waals surface area contributed by atoms with Crippen molar-refractivity contribution in [2.75, 3.05) is 0 Å². The van der Waals surface area contributed by atoms with Crippen molar-refractivity contribution in [3.63, 3.8) is 0 Å². The first kappa shape index (κ1) is 22.6. The Kier molecular flexibility index (Phi) is 10.3. The summed E-state index contributed by atoms with van der Waals surface area (Å²) in [4.78, 5) is 24.0. The van der Waals surface area contributed by atoms with Gasteiger partial charge in [0.15, 0.2) is 0 Å². The first-order valence-corrected chi connectivity index (χ1v) is 12.4. The number of esters is 1. The fourth-order valence-corrected chi connectivity index (χ4v) is 4.93. The van der Waals surface area contributed by atoms with Gasteiger partial charge in [0.25, 0.3) is 0 Å². The van der Waals surface area contributed by atoms with Crippen molar-refractivity contribution >= 4 is 11.8 Å². The number of hydrogen-bond acceptors (Lipinski definition) is 3. The second kappa shape index (κ2) is 12.7. The molecule has 0 aliphatic rings. The summed E-state index contributed by atoms with van der Waals surface area (Å²) in [5.41, 5.74) is 0.814. The first-order valence-electron chi connectivity index (χ1n) is 10.2. The summed E-state index contributed by atoms with van der Waals surface area (Å²) in [6.45, 7) is 4.26. The van der Waals surface area contributed by atoms with Gasteiger partial charge in [-0.15, -0.1) is 0 Å². The molecule has 0 radical (unpaired) electrons. The monoisotopic (exact) mass is 493 g/mol. The third kappa shape index (κ3) is 8.13. The Morgan fingerprint density at radius 2 is 1.29 bits per heavy atom. The van der Waals surface area contributed by atoms with E-state index >= 15 is 0 Å². The topological polar surface area (TPSA) is 43.4 Å². The molecule has 28 heavy (non-hydrogen) atoms. The number of rotatable bonds is 12. The molecule has 2 aromatic carbocycles. The summed E-state index contributed by atoms with van der Waals surface area (Å²) in [6.07, 6.45) is 7.37.